The van der Waals surface area contributed by atoms with Crippen molar-refractivity contribution < 1.29 is 0 Å². The first-order chi connectivity index (χ1) is 5.61. The van der Waals surface area contributed by atoms with Crippen LogP contribution in [0.15, 0.2) is 23.5 Å². The molecule has 2 heterocycles. The molecule has 66 valence electrons. The second kappa shape index (κ2) is 2.39. The Bertz CT molecular complexity index is 295. The predicted molar refractivity (Wildman–Crippen MR) is 55.6 cm³/mol. The van der Waals surface area contributed by atoms with Crippen LogP contribution < -0.4 is 0 Å². The molecule has 0 bridgehead atoms. The van der Waals surface area contributed by atoms with Crippen molar-refractivity contribution >= 4 is 15.7 Å². The third-order valence-electron chi connectivity index (χ3n) is 2.20. The Hall–Kier alpha value is -0.700. The van der Waals surface area contributed by atoms with Gasteiger partial charge in [-0.15, -0.1) is 0 Å². The Labute approximate surface area is 76.4 Å². The quantitative estimate of drug-likeness (QED) is 0.528. The Morgan fingerprint density at radius 3 is 1.75 bits per heavy atom. The molecule has 3 heteroatoms. The summed E-state index contributed by atoms with van der Waals surface area (Å²) in [4.78, 5) is 1.51. The van der Waals surface area contributed by atoms with Crippen molar-refractivity contribution in [3.8, 4) is 0 Å². The first-order valence-electron chi connectivity index (χ1n) is 4.06. The van der Waals surface area contributed by atoms with Gasteiger partial charge in [-0.2, -0.15) is 0 Å². The van der Waals surface area contributed by atoms with Gasteiger partial charge < -0.3 is 8.61 Å². The molecule has 0 aromatic carbocycles. The monoisotopic (exact) mass is 182 g/mol. The summed E-state index contributed by atoms with van der Waals surface area (Å²) in [6.45, 7) is 4.38. The van der Waals surface area contributed by atoms with Gasteiger partial charge in [-0.05, 0) is 25.0 Å². The van der Waals surface area contributed by atoms with Gasteiger partial charge in [0.1, 0.15) is 0 Å². The van der Waals surface area contributed by atoms with Crippen LogP contribution in [0.3, 0.4) is 0 Å². The van der Waals surface area contributed by atoms with Crippen LogP contribution in [-0.4, -0.2) is 27.6 Å². The van der Waals surface area contributed by atoms with Crippen LogP contribution in [0.4, 0.5) is 0 Å². The molecule has 0 aromatic rings. The van der Waals surface area contributed by atoms with Crippen LogP contribution in [0.5, 0.6) is 0 Å². The molecule has 0 aliphatic carbocycles. The maximum absolute atomic E-state index is 2.29. The first-order valence-corrected chi connectivity index (χ1v) is 5.20. The van der Waals surface area contributed by atoms with Crippen LogP contribution in [0.2, 0.25) is 0 Å². The Morgan fingerprint density at radius 2 is 1.42 bits per heavy atom. The molecule has 0 amide bonds. The molecular weight excluding hydrogens is 168 g/mol. The molecule has 0 saturated heterocycles. The van der Waals surface area contributed by atoms with Gasteiger partial charge in [0.25, 0.3) is 0 Å². The lowest BCUT2D eigenvalue weighted by Gasteiger charge is -2.21. The highest BCUT2D eigenvalue weighted by molar-refractivity contribution is 8.13. The number of nitrogens with zero attached hydrogens (tertiary/aromatic N) is 2. The lowest BCUT2D eigenvalue weighted by atomic mass is 10.1. The average Bonchev–Trinajstić information content (AvgIpc) is 2.38. The largest absolute Gasteiger partial charge is 0.315 e. The SMILES string of the molecule is CC1=CN(C)S2=C1C(C)=CN2C. The number of hydrogen-bond acceptors (Lipinski definition) is 2. The van der Waals surface area contributed by atoms with Gasteiger partial charge in [0, 0.05) is 42.2 Å². The number of rotatable bonds is 0. The van der Waals surface area contributed by atoms with Crippen molar-refractivity contribution in [3.63, 3.8) is 0 Å². The summed E-state index contributed by atoms with van der Waals surface area (Å²) >= 11 is 0. The van der Waals surface area contributed by atoms with Gasteiger partial charge in [-0.1, -0.05) is 0 Å². The highest BCUT2D eigenvalue weighted by Gasteiger charge is 2.26. The maximum atomic E-state index is 2.29. The fraction of sp³-hybridized carbons (Fsp3) is 0.444. The van der Waals surface area contributed by atoms with E-state index in [1.54, 1.807) is 0 Å². The van der Waals surface area contributed by atoms with E-state index in [9.17, 15) is 0 Å². The minimum atomic E-state index is 0.181. The molecule has 12 heavy (non-hydrogen) atoms. The third kappa shape index (κ3) is 0.860. The summed E-state index contributed by atoms with van der Waals surface area (Å²) in [7, 11) is 4.46. The summed E-state index contributed by atoms with van der Waals surface area (Å²) in [5, 5.41) is 0. The van der Waals surface area contributed by atoms with Crippen molar-refractivity contribution in [3.05, 3.63) is 23.5 Å². The minimum Gasteiger partial charge on any atom is -0.315 e. The van der Waals surface area contributed by atoms with E-state index in [4.69, 9.17) is 0 Å². The fourth-order valence-corrected chi connectivity index (χ4v) is 4.03. The van der Waals surface area contributed by atoms with E-state index in [2.05, 4.69) is 49.0 Å². The van der Waals surface area contributed by atoms with E-state index in [1.807, 2.05) is 0 Å². The van der Waals surface area contributed by atoms with Crippen LogP contribution in [-0.2, 0) is 0 Å². The van der Waals surface area contributed by atoms with Gasteiger partial charge >= 0.3 is 0 Å². The summed E-state index contributed by atoms with van der Waals surface area (Å²) < 4.78 is 4.58. The summed E-state index contributed by atoms with van der Waals surface area (Å²) in [6, 6.07) is 0. The molecule has 2 nitrogen and oxygen atoms in total. The van der Waals surface area contributed by atoms with Gasteiger partial charge in [-0.3, -0.25) is 0 Å². The van der Waals surface area contributed by atoms with Crippen molar-refractivity contribution in [1.29, 1.82) is 0 Å². The fourth-order valence-electron chi connectivity index (χ4n) is 1.85. The molecule has 2 aliphatic heterocycles. The van der Waals surface area contributed by atoms with Gasteiger partial charge in [0.15, 0.2) is 0 Å². The Kier molecular flexibility index (Phi) is 1.58. The molecular formula is C9H14N2S. The van der Waals surface area contributed by atoms with E-state index < -0.39 is 0 Å². The molecule has 0 aromatic heterocycles. The number of hydrogen-bond donors (Lipinski definition) is 0. The van der Waals surface area contributed by atoms with Gasteiger partial charge in [0.05, 0.1) is 0 Å². The normalized spacial score (nSPS) is 23.2. The van der Waals surface area contributed by atoms with Crippen molar-refractivity contribution in [2.45, 2.75) is 13.8 Å². The zero-order valence-corrected chi connectivity index (χ0v) is 8.77. The second-order valence-corrected chi connectivity index (χ2v) is 5.40. The van der Waals surface area contributed by atoms with Crippen molar-refractivity contribution in [2.75, 3.05) is 14.1 Å². The second-order valence-electron chi connectivity index (χ2n) is 3.31. The lowest BCUT2D eigenvalue weighted by Crippen LogP contribution is -2.10. The van der Waals surface area contributed by atoms with Gasteiger partial charge in [0.2, 0.25) is 0 Å². The molecule has 0 unspecified atom stereocenters. The molecule has 0 radical (unpaired) electrons. The maximum Gasteiger partial charge on any atom is 0.0462 e. The predicted octanol–water partition coefficient (Wildman–Crippen LogP) is 1.96. The Morgan fingerprint density at radius 1 is 1.00 bits per heavy atom. The van der Waals surface area contributed by atoms with Crippen LogP contribution >= 0.6 is 10.9 Å². The minimum absolute atomic E-state index is 0.181. The zero-order valence-electron chi connectivity index (χ0n) is 7.96. The first kappa shape index (κ1) is 7.92. The van der Waals surface area contributed by atoms with E-state index in [-0.39, 0.29) is 10.9 Å². The van der Waals surface area contributed by atoms with E-state index in [1.165, 1.54) is 16.0 Å². The summed E-state index contributed by atoms with van der Waals surface area (Å²) in [5.74, 6) is 0. The molecule has 0 saturated carbocycles. The van der Waals surface area contributed by atoms with E-state index >= 15 is 0 Å². The third-order valence-corrected chi connectivity index (χ3v) is 4.51. The zero-order chi connectivity index (χ0) is 8.88. The van der Waals surface area contributed by atoms with Crippen LogP contribution in [0.1, 0.15) is 13.8 Å². The molecule has 0 spiro atoms. The highest BCUT2D eigenvalue weighted by atomic mass is 32.2. The summed E-state index contributed by atoms with van der Waals surface area (Å²) in [5.41, 5.74) is 2.83. The molecule has 2 aliphatic rings. The molecule has 0 N–H and O–H groups in total. The topological polar surface area (TPSA) is 6.48 Å². The number of allylic oxidation sites excluding steroid dienone is 2. The molecule has 0 atom stereocenters. The van der Waals surface area contributed by atoms with Crippen molar-refractivity contribution in [1.82, 2.24) is 8.61 Å². The van der Waals surface area contributed by atoms with E-state index in [0.29, 0.717) is 0 Å². The van der Waals surface area contributed by atoms with Crippen molar-refractivity contribution in [2.24, 2.45) is 0 Å². The standard InChI is InChI=1S/C9H14N2S/c1-7-5-10(3)12-9(7)8(2)6-11(12)4/h5-6H,1-4H3. The molecule has 2 rings (SSSR count). The Balaban J connectivity index is 2.51. The smallest absolute Gasteiger partial charge is 0.0462 e. The van der Waals surface area contributed by atoms with Crippen LogP contribution in [0.25, 0.3) is 0 Å². The van der Waals surface area contributed by atoms with E-state index in [0.717, 1.165) is 0 Å². The summed E-state index contributed by atoms with van der Waals surface area (Å²) in [6.07, 6.45) is 4.46. The van der Waals surface area contributed by atoms with Crippen LogP contribution in [0, 0.1) is 0 Å². The highest BCUT2D eigenvalue weighted by Crippen LogP contribution is 2.40. The molecule has 0 fully saturated rings. The lowest BCUT2D eigenvalue weighted by molar-refractivity contribution is 0.684. The van der Waals surface area contributed by atoms with Gasteiger partial charge in [-0.25, -0.2) is 0 Å². The average molecular weight is 182 g/mol.